The molecule has 31 heavy (non-hydrogen) atoms. The Hall–Kier alpha value is -3.45. The van der Waals surface area contributed by atoms with E-state index in [-0.39, 0.29) is 11.7 Å². The molecule has 1 aromatic heterocycles. The van der Waals surface area contributed by atoms with Gasteiger partial charge in [0.15, 0.2) is 5.82 Å². The molecule has 160 valence electrons. The van der Waals surface area contributed by atoms with Gasteiger partial charge >= 0.3 is 0 Å². The number of rotatable bonds is 6. The van der Waals surface area contributed by atoms with E-state index in [4.69, 9.17) is 0 Å². The Labute approximate surface area is 182 Å². The molecule has 7 nitrogen and oxygen atoms in total. The molecule has 4 rings (SSSR count). The van der Waals surface area contributed by atoms with Crippen molar-refractivity contribution in [2.75, 3.05) is 45.1 Å². The number of aromatic hydroxyl groups is 1. The van der Waals surface area contributed by atoms with E-state index in [0.29, 0.717) is 11.4 Å². The van der Waals surface area contributed by atoms with Crippen LogP contribution in [-0.2, 0) is 6.42 Å². The SMILES string of the molecule is CN1CCN(C(=O)c2ccc(-c3nccc(NCCc4ccc(O)cc4)n3)cc2)CC1. The Morgan fingerprint density at radius 1 is 1.00 bits per heavy atom. The van der Waals surface area contributed by atoms with Gasteiger partial charge in [-0.05, 0) is 49.4 Å². The molecule has 3 aromatic rings. The number of hydrogen-bond acceptors (Lipinski definition) is 6. The monoisotopic (exact) mass is 417 g/mol. The quantitative estimate of drug-likeness (QED) is 0.642. The summed E-state index contributed by atoms with van der Waals surface area (Å²) in [6.07, 6.45) is 2.55. The third kappa shape index (κ3) is 5.38. The molecular weight excluding hydrogens is 390 g/mol. The highest BCUT2D eigenvalue weighted by Gasteiger charge is 2.20. The molecule has 2 heterocycles. The van der Waals surface area contributed by atoms with E-state index in [1.54, 1.807) is 18.3 Å². The number of aromatic nitrogens is 2. The van der Waals surface area contributed by atoms with Crippen molar-refractivity contribution in [2.45, 2.75) is 6.42 Å². The van der Waals surface area contributed by atoms with Crippen molar-refractivity contribution in [2.24, 2.45) is 0 Å². The zero-order valence-electron chi connectivity index (χ0n) is 17.7. The average Bonchev–Trinajstić information content (AvgIpc) is 2.81. The molecular formula is C24H27N5O2. The Morgan fingerprint density at radius 3 is 2.42 bits per heavy atom. The van der Waals surface area contributed by atoms with Gasteiger partial charge in [0.2, 0.25) is 0 Å². The largest absolute Gasteiger partial charge is 0.508 e. The van der Waals surface area contributed by atoms with Crippen LogP contribution in [0.4, 0.5) is 5.82 Å². The zero-order chi connectivity index (χ0) is 21.6. The number of nitrogens with one attached hydrogen (secondary N) is 1. The smallest absolute Gasteiger partial charge is 0.253 e. The van der Waals surface area contributed by atoms with Gasteiger partial charge in [0.05, 0.1) is 0 Å². The second kappa shape index (κ2) is 9.57. The van der Waals surface area contributed by atoms with E-state index in [2.05, 4.69) is 27.2 Å². The molecule has 0 saturated carbocycles. The van der Waals surface area contributed by atoms with Gasteiger partial charge in [-0.25, -0.2) is 9.97 Å². The lowest BCUT2D eigenvalue weighted by Gasteiger charge is -2.32. The normalized spacial score (nSPS) is 14.4. The number of amides is 1. The summed E-state index contributed by atoms with van der Waals surface area (Å²) in [6.45, 7) is 4.06. The Bertz CT molecular complexity index is 1010. The van der Waals surface area contributed by atoms with Gasteiger partial charge in [-0.15, -0.1) is 0 Å². The van der Waals surface area contributed by atoms with Gasteiger partial charge in [0.25, 0.3) is 5.91 Å². The number of anilines is 1. The van der Waals surface area contributed by atoms with E-state index >= 15 is 0 Å². The summed E-state index contributed by atoms with van der Waals surface area (Å²) in [5.74, 6) is 1.72. The highest BCUT2D eigenvalue weighted by molar-refractivity contribution is 5.94. The Balaban J connectivity index is 1.37. The predicted octanol–water partition coefficient (Wildman–Crippen LogP) is 2.89. The fourth-order valence-corrected chi connectivity index (χ4v) is 3.55. The first-order valence-corrected chi connectivity index (χ1v) is 10.5. The van der Waals surface area contributed by atoms with E-state index in [1.807, 2.05) is 47.4 Å². The van der Waals surface area contributed by atoms with Gasteiger partial charge in [0, 0.05) is 50.0 Å². The minimum atomic E-state index is 0.0743. The summed E-state index contributed by atoms with van der Waals surface area (Å²) >= 11 is 0. The Kier molecular flexibility index (Phi) is 6.43. The maximum Gasteiger partial charge on any atom is 0.253 e. The number of carbonyl (C=O) groups is 1. The number of phenols is 1. The summed E-state index contributed by atoms with van der Waals surface area (Å²) in [4.78, 5) is 25.8. The van der Waals surface area contributed by atoms with Crippen LogP contribution in [0.5, 0.6) is 5.75 Å². The standard InChI is InChI=1S/C24H27N5O2/c1-28-14-16-29(17-15-28)24(31)20-6-4-19(5-7-20)23-26-13-11-22(27-23)25-12-10-18-2-8-21(30)9-3-18/h2-9,11,13,30H,10,12,14-17H2,1H3,(H,25,26,27). The molecule has 0 unspecified atom stereocenters. The second-order valence-electron chi connectivity index (χ2n) is 7.78. The summed E-state index contributed by atoms with van der Waals surface area (Å²) in [5.41, 5.74) is 2.70. The number of piperazine rings is 1. The van der Waals surface area contributed by atoms with Crippen LogP contribution in [0.15, 0.2) is 60.8 Å². The van der Waals surface area contributed by atoms with Gasteiger partial charge in [-0.1, -0.05) is 24.3 Å². The molecule has 1 saturated heterocycles. The molecule has 0 bridgehead atoms. The highest BCUT2D eigenvalue weighted by atomic mass is 16.3. The number of nitrogens with zero attached hydrogens (tertiary/aromatic N) is 4. The zero-order valence-corrected chi connectivity index (χ0v) is 17.7. The van der Waals surface area contributed by atoms with Crippen LogP contribution in [0.1, 0.15) is 15.9 Å². The second-order valence-corrected chi connectivity index (χ2v) is 7.78. The molecule has 1 aliphatic heterocycles. The van der Waals surface area contributed by atoms with E-state index < -0.39 is 0 Å². The van der Waals surface area contributed by atoms with E-state index in [9.17, 15) is 9.90 Å². The summed E-state index contributed by atoms with van der Waals surface area (Å²) in [5, 5.41) is 12.7. The Morgan fingerprint density at radius 2 is 1.71 bits per heavy atom. The fourth-order valence-electron chi connectivity index (χ4n) is 3.55. The first-order valence-electron chi connectivity index (χ1n) is 10.5. The van der Waals surface area contributed by atoms with Gasteiger partial charge < -0.3 is 20.2 Å². The first kappa shape index (κ1) is 20.8. The molecule has 7 heteroatoms. The average molecular weight is 418 g/mol. The summed E-state index contributed by atoms with van der Waals surface area (Å²) in [6, 6.07) is 16.5. The van der Waals surface area contributed by atoms with Crippen LogP contribution in [0.2, 0.25) is 0 Å². The molecule has 0 radical (unpaired) electrons. The third-order valence-electron chi connectivity index (χ3n) is 5.49. The number of phenolic OH excluding ortho intramolecular Hbond substituents is 1. The number of hydrogen-bond donors (Lipinski definition) is 2. The van der Waals surface area contributed by atoms with Crippen molar-refractivity contribution in [3.05, 3.63) is 71.9 Å². The summed E-state index contributed by atoms with van der Waals surface area (Å²) in [7, 11) is 2.08. The fraction of sp³-hybridized carbons (Fsp3) is 0.292. The molecule has 0 spiro atoms. The van der Waals surface area contributed by atoms with Gasteiger partial charge in [0.1, 0.15) is 11.6 Å². The predicted molar refractivity (Wildman–Crippen MR) is 121 cm³/mol. The number of likely N-dealkylation sites (N-methyl/N-ethyl adjacent to an activating group) is 1. The van der Waals surface area contributed by atoms with Crippen LogP contribution >= 0.6 is 0 Å². The number of carbonyl (C=O) groups excluding carboxylic acids is 1. The van der Waals surface area contributed by atoms with Gasteiger partial charge in [-0.3, -0.25) is 4.79 Å². The maximum absolute atomic E-state index is 12.7. The third-order valence-corrected chi connectivity index (χ3v) is 5.49. The van der Waals surface area contributed by atoms with Crippen LogP contribution in [0.3, 0.4) is 0 Å². The van der Waals surface area contributed by atoms with Crippen molar-refractivity contribution < 1.29 is 9.90 Å². The van der Waals surface area contributed by atoms with Crippen molar-refractivity contribution in [1.29, 1.82) is 0 Å². The van der Waals surface area contributed by atoms with Crippen LogP contribution < -0.4 is 5.32 Å². The minimum Gasteiger partial charge on any atom is -0.508 e. The van der Waals surface area contributed by atoms with Crippen LogP contribution in [0.25, 0.3) is 11.4 Å². The van der Waals surface area contributed by atoms with Crippen molar-refractivity contribution in [1.82, 2.24) is 19.8 Å². The summed E-state index contributed by atoms with van der Waals surface area (Å²) < 4.78 is 0. The highest BCUT2D eigenvalue weighted by Crippen LogP contribution is 2.18. The molecule has 1 fully saturated rings. The maximum atomic E-state index is 12.7. The van der Waals surface area contributed by atoms with Crippen molar-refractivity contribution >= 4 is 11.7 Å². The molecule has 2 N–H and O–H groups in total. The minimum absolute atomic E-state index is 0.0743. The molecule has 0 aliphatic carbocycles. The lowest BCUT2D eigenvalue weighted by atomic mass is 10.1. The number of benzene rings is 2. The molecule has 1 amide bonds. The van der Waals surface area contributed by atoms with Crippen LogP contribution in [0, 0.1) is 0 Å². The topological polar surface area (TPSA) is 81.6 Å². The molecule has 0 atom stereocenters. The van der Waals surface area contributed by atoms with E-state index in [0.717, 1.165) is 56.1 Å². The van der Waals surface area contributed by atoms with Crippen molar-refractivity contribution in [3.8, 4) is 17.1 Å². The lowest BCUT2D eigenvalue weighted by Crippen LogP contribution is -2.47. The van der Waals surface area contributed by atoms with Gasteiger partial charge in [-0.2, -0.15) is 0 Å². The first-order chi connectivity index (χ1) is 15.1. The molecule has 1 aliphatic rings. The van der Waals surface area contributed by atoms with E-state index in [1.165, 1.54) is 0 Å². The van der Waals surface area contributed by atoms with Crippen molar-refractivity contribution in [3.63, 3.8) is 0 Å². The van der Waals surface area contributed by atoms with Crippen LogP contribution in [-0.4, -0.2) is 70.6 Å². The molecule has 2 aromatic carbocycles. The lowest BCUT2D eigenvalue weighted by molar-refractivity contribution is 0.0664.